The van der Waals surface area contributed by atoms with E-state index < -0.39 is 5.60 Å². The van der Waals surface area contributed by atoms with E-state index in [1.54, 1.807) is 33.0 Å². The maximum atomic E-state index is 12.4. The Bertz CT molecular complexity index is 499. The summed E-state index contributed by atoms with van der Waals surface area (Å²) in [4.78, 5) is 14.2. The van der Waals surface area contributed by atoms with Gasteiger partial charge in [-0.3, -0.25) is 4.79 Å². The van der Waals surface area contributed by atoms with E-state index in [-0.39, 0.29) is 17.9 Å². The molecule has 1 amide bonds. The molecule has 1 saturated heterocycles. The highest BCUT2D eigenvalue weighted by atomic mass is 16.5. The summed E-state index contributed by atoms with van der Waals surface area (Å²) < 4.78 is 10.4. The normalized spacial score (nSPS) is 22.4. The zero-order valence-electron chi connectivity index (χ0n) is 13.1. The largest absolute Gasteiger partial charge is 0.497 e. The minimum Gasteiger partial charge on any atom is -0.497 e. The third kappa shape index (κ3) is 3.19. The monoisotopic (exact) mass is 292 g/mol. The summed E-state index contributed by atoms with van der Waals surface area (Å²) in [5.74, 6) is 0.947. The topological polar surface area (TPSA) is 64.8 Å². The summed E-state index contributed by atoms with van der Waals surface area (Å²) in [7, 11) is 3.19. The molecular weight excluding hydrogens is 268 g/mol. The fourth-order valence-corrected chi connectivity index (χ4v) is 2.67. The number of nitrogens with two attached hydrogens (primary N) is 1. The van der Waals surface area contributed by atoms with Crippen molar-refractivity contribution in [1.29, 1.82) is 0 Å². The Morgan fingerprint density at radius 2 is 1.86 bits per heavy atom. The Balaban J connectivity index is 2.12. The molecule has 1 aromatic rings. The van der Waals surface area contributed by atoms with E-state index in [2.05, 4.69) is 0 Å². The Kier molecular flexibility index (Phi) is 4.54. The molecule has 5 nitrogen and oxygen atoms in total. The van der Waals surface area contributed by atoms with Gasteiger partial charge in [0.25, 0.3) is 5.91 Å². The van der Waals surface area contributed by atoms with Gasteiger partial charge in [0.1, 0.15) is 11.4 Å². The van der Waals surface area contributed by atoms with Gasteiger partial charge >= 0.3 is 0 Å². The maximum absolute atomic E-state index is 12.4. The van der Waals surface area contributed by atoms with E-state index in [1.165, 1.54) is 0 Å². The standard InChI is InChI=1S/C16H24N2O3/c1-16(2,21-4)15(19)18-9-13(14(17)10-18)11-5-7-12(20-3)8-6-11/h5-8,13-14H,9-10,17H2,1-4H3/t13-,14+/m1/s1. The van der Waals surface area contributed by atoms with Crippen LogP contribution in [0.4, 0.5) is 0 Å². The molecule has 0 aromatic heterocycles. The highest BCUT2D eigenvalue weighted by molar-refractivity contribution is 5.84. The molecule has 1 aliphatic heterocycles. The molecule has 0 aliphatic carbocycles. The lowest BCUT2D eigenvalue weighted by Crippen LogP contribution is -2.46. The summed E-state index contributed by atoms with van der Waals surface area (Å²) in [5.41, 5.74) is 6.55. The van der Waals surface area contributed by atoms with Crippen molar-refractivity contribution < 1.29 is 14.3 Å². The van der Waals surface area contributed by atoms with Crippen LogP contribution in [-0.2, 0) is 9.53 Å². The molecular formula is C16H24N2O3. The van der Waals surface area contributed by atoms with Crippen LogP contribution in [0.3, 0.4) is 0 Å². The molecule has 1 aliphatic rings. The molecule has 2 atom stereocenters. The molecule has 0 saturated carbocycles. The zero-order chi connectivity index (χ0) is 15.6. The van der Waals surface area contributed by atoms with Gasteiger partial charge in [0.15, 0.2) is 0 Å². The summed E-state index contributed by atoms with van der Waals surface area (Å²) in [6.07, 6.45) is 0. The third-order valence-corrected chi connectivity index (χ3v) is 4.22. The Hall–Kier alpha value is -1.59. The number of carbonyl (C=O) groups is 1. The van der Waals surface area contributed by atoms with Crippen molar-refractivity contribution in [3.05, 3.63) is 29.8 Å². The molecule has 0 bridgehead atoms. The van der Waals surface area contributed by atoms with E-state index in [9.17, 15) is 4.79 Å². The Morgan fingerprint density at radius 1 is 1.24 bits per heavy atom. The fraction of sp³-hybridized carbons (Fsp3) is 0.562. The van der Waals surface area contributed by atoms with Crippen LogP contribution in [0.5, 0.6) is 5.75 Å². The lowest BCUT2D eigenvalue weighted by molar-refractivity contribution is -0.149. The van der Waals surface area contributed by atoms with Gasteiger partial charge in [0.05, 0.1) is 7.11 Å². The number of hydrogen-bond donors (Lipinski definition) is 1. The van der Waals surface area contributed by atoms with Crippen LogP contribution in [0, 0.1) is 0 Å². The predicted octanol–water partition coefficient (Wildman–Crippen LogP) is 1.37. The molecule has 0 radical (unpaired) electrons. The fourth-order valence-electron chi connectivity index (χ4n) is 2.67. The highest BCUT2D eigenvalue weighted by Crippen LogP contribution is 2.29. The van der Waals surface area contributed by atoms with Crippen molar-refractivity contribution in [1.82, 2.24) is 4.90 Å². The van der Waals surface area contributed by atoms with Crippen LogP contribution < -0.4 is 10.5 Å². The van der Waals surface area contributed by atoms with Crippen molar-refractivity contribution in [2.45, 2.75) is 31.4 Å². The quantitative estimate of drug-likeness (QED) is 0.910. The van der Waals surface area contributed by atoms with Crippen molar-refractivity contribution in [2.24, 2.45) is 5.73 Å². The number of hydrogen-bond acceptors (Lipinski definition) is 4. The molecule has 5 heteroatoms. The van der Waals surface area contributed by atoms with Gasteiger partial charge in [-0.25, -0.2) is 0 Å². The lowest BCUT2D eigenvalue weighted by atomic mass is 9.95. The lowest BCUT2D eigenvalue weighted by Gasteiger charge is -2.28. The summed E-state index contributed by atoms with van der Waals surface area (Å²) >= 11 is 0. The van der Waals surface area contributed by atoms with E-state index >= 15 is 0 Å². The Labute approximate surface area is 126 Å². The van der Waals surface area contributed by atoms with Crippen molar-refractivity contribution in [2.75, 3.05) is 27.3 Å². The van der Waals surface area contributed by atoms with Crippen LogP contribution in [0.1, 0.15) is 25.3 Å². The smallest absolute Gasteiger partial charge is 0.254 e. The molecule has 1 fully saturated rings. The highest BCUT2D eigenvalue weighted by Gasteiger charge is 2.39. The number of rotatable bonds is 4. The van der Waals surface area contributed by atoms with Gasteiger partial charge < -0.3 is 20.1 Å². The average Bonchev–Trinajstić information content (AvgIpc) is 2.88. The minimum atomic E-state index is -0.811. The van der Waals surface area contributed by atoms with Crippen LogP contribution in [0.25, 0.3) is 0 Å². The predicted molar refractivity (Wildman–Crippen MR) is 81.4 cm³/mol. The van der Waals surface area contributed by atoms with Crippen LogP contribution in [0.2, 0.25) is 0 Å². The van der Waals surface area contributed by atoms with Crippen molar-refractivity contribution in [3.63, 3.8) is 0 Å². The van der Waals surface area contributed by atoms with Gasteiger partial charge in [0.2, 0.25) is 0 Å². The molecule has 0 spiro atoms. The van der Waals surface area contributed by atoms with E-state index in [0.717, 1.165) is 11.3 Å². The second-order valence-electron chi connectivity index (χ2n) is 5.97. The maximum Gasteiger partial charge on any atom is 0.254 e. The minimum absolute atomic E-state index is 0.0172. The van der Waals surface area contributed by atoms with Gasteiger partial charge in [-0.05, 0) is 31.5 Å². The van der Waals surface area contributed by atoms with Crippen LogP contribution in [0.15, 0.2) is 24.3 Å². The molecule has 1 heterocycles. The summed E-state index contributed by atoms with van der Waals surface area (Å²) in [5, 5.41) is 0. The first kappa shape index (κ1) is 15.8. The molecule has 2 rings (SSSR count). The number of amides is 1. The third-order valence-electron chi connectivity index (χ3n) is 4.22. The van der Waals surface area contributed by atoms with Gasteiger partial charge in [-0.15, -0.1) is 0 Å². The van der Waals surface area contributed by atoms with Crippen molar-refractivity contribution >= 4 is 5.91 Å². The van der Waals surface area contributed by atoms with E-state index in [4.69, 9.17) is 15.2 Å². The van der Waals surface area contributed by atoms with Gasteiger partial charge in [-0.2, -0.15) is 0 Å². The second kappa shape index (κ2) is 6.03. The van der Waals surface area contributed by atoms with Crippen LogP contribution in [-0.4, -0.2) is 49.8 Å². The molecule has 2 N–H and O–H groups in total. The number of nitrogens with zero attached hydrogens (tertiary/aromatic N) is 1. The molecule has 21 heavy (non-hydrogen) atoms. The number of benzene rings is 1. The zero-order valence-corrected chi connectivity index (χ0v) is 13.1. The first-order valence-corrected chi connectivity index (χ1v) is 7.13. The van der Waals surface area contributed by atoms with Crippen molar-refractivity contribution in [3.8, 4) is 5.75 Å². The SMILES string of the molecule is COc1ccc([C@H]2CN(C(=O)C(C)(C)OC)C[C@@H]2N)cc1. The summed E-state index contributed by atoms with van der Waals surface area (Å²) in [6.45, 7) is 4.74. The number of methoxy groups -OCH3 is 2. The summed E-state index contributed by atoms with van der Waals surface area (Å²) in [6, 6.07) is 7.81. The second-order valence-corrected chi connectivity index (χ2v) is 5.97. The van der Waals surface area contributed by atoms with Crippen LogP contribution >= 0.6 is 0 Å². The van der Waals surface area contributed by atoms with E-state index in [0.29, 0.717) is 13.1 Å². The molecule has 1 aromatic carbocycles. The molecule has 116 valence electrons. The first-order valence-electron chi connectivity index (χ1n) is 7.13. The number of carbonyl (C=O) groups excluding carboxylic acids is 1. The number of likely N-dealkylation sites (tertiary alicyclic amines) is 1. The van der Waals surface area contributed by atoms with Gasteiger partial charge in [-0.1, -0.05) is 12.1 Å². The van der Waals surface area contributed by atoms with Gasteiger partial charge in [0, 0.05) is 32.2 Å². The number of ether oxygens (including phenoxy) is 2. The average molecular weight is 292 g/mol. The van der Waals surface area contributed by atoms with E-state index in [1.807, 2.05) is 24.3 Å². The molecule has 0 unspecified atom stereocenters. The Morgan fingerprint density at radius 3 is 2.38 bits per heavy atom. The first-order chi connectivity index (χ1) is 9.89.